The lowest BCUT2D eigenvalue weighted by Crippen LogP contribution is -2.13. The van der Waals surface area contributed by atoms with Crippen LogP contribution in [0.4, 0.5) is 5.69 Å². The van der Waals surface area contributed by atoms with Gasteiger partial charge in [-0.05, 0) is 35.3 Å². The first-order valence-electron chi connectivity index (χ1n) is 5.82. The van der Waals surface area contributed by atoms with Gasteiger partial charge in [-0.3, -0.25) is 9.48 Å². The highest BCUT2D eigenvalue weighted by molar-refractivity contribution is 7.13. The Bertz CT molecular complexity index is 731. The van der Waals surface area contributed by atoms with Crippen LogP contribution in [0.3, 0.4) is 0 Å². The van der Waals surface area contributed by atoms with E-state index in [1.807, 2.05) is 31.4 Å². The number of nitrogens with one attached hydrogen (secondary N) is 1. The van der Waals surface area contributed by atoms with Crippen molar-refractivity contribution in [1.29, 1.82) is 0 Å². The topological polar surface area (TPSA) is 59.8 Å². The highest BCUT2D eigenvalue weighted by Crippen LogP contribution is 2.21. The number of benzene rings is 1. The van der Waals surface area contributed by atoms with Crippen molar-refractivity contribution in [2.24, 2.45) is 7.05 Å². The van der Waals surface area contributed by atoms with Crippen LogP contribution in [-0.2, 0) is 18.3 Å². The molecule has 0 bridgehead atoms. The molecule has 2 aromatic heterocycles. The lowest BCUT2D eigenvalue weighted by Gasteiger charge is -2.04. The molecular weight excluding hydrogens is 260 g/mol. The molecule has 0 unspecified atom stereocenters. The van der Waals surface area contributed by atoms with Crippen molar-refractivity contribution in [3.8, 4) is 0 Å². The fraction of sp³-hybridized carbons (Fsp3) is 0.154. The Morgan fingerprint density at radius 3 is 3.11 bits per heavy atom. The number of nitrogens with zero attached hydrogens (tertiary/aromatic N) is 3. The van der Waals surface area contributed by atoms with Gasteiger partial charge >= 0.3 is 0 Å². The van der Waals surface area contributed by atoms with Crippen molar-refractivity contribution in [3.63, 3.8) is 0 Å². The Labute approximate surface area is 114 Å². The maximum atomic E-state index is 11.9. The number of aromatic nitrogens is 3. The van der Waals surface area contributed by atoms with Crippen molar-refractivity contribution in [1.82, 2.24) is 14.2 Å². The zero-order chi connectivity index (χ0) is 13.2. The molecule has 1 N–H and O–H groups in total. The minimum atomic E-state index is -0.0458. The minimum absolute atomic E-state index is 0.0458. The van der Waals surface area contributed by atoms with Gasteiger partial charge in [-0.25, -0.2) is 0 Å². The Balaban J connectivity index is 1.71. The van der Waals surface area contributed by atoms with Crippen LogP contribution in [0.1, 0.15) is 5.56 Å². The summed E-state index contributed by atoms with van der Waals surface area (Å²) in [6, 6.07) is 5.79. The van der Waals surface area contributed by atoms with Gasteiger partial charge in [0, 0.05) is 30.5 Å². The third-order valence-electron chi connectivity index (χ3n) is 2.76. The molecule has 3 rings (SSSR count). The first kappa shape index (κ1) is 11.9. The first-order valence-corrected chi connectivity index (χ1v) is 6.60. The van der Waals surface area contributed by atoms with Gasteiger partial charge in [0.2, 0.25) is 5.91 Å². The van der Waals surface area contributed by atoms with Gasteiger partial charge < -0.3 is 5.32 Å². The Hall–Kier alpha value is -2.21. The van der Waals surface area contributed by atoms with Crippen LogP contribution in [0.5, 0.6) is 0 Å². The molecule has 19 heavy (non-hydrogen) atoms. The number of carbonyl (C=O) groups is 1. The third-order valence-corrected chi connectivity index (χ3v) is 3.54. The van der Waals surface area contributed by atoms with Crippen molar-refractivity contribution in [2.75, 3.05) is 5.32 Å². The lowest BCUT2D eigenvalue weighted by atomic mass is 10.2. The van der Waals surface area contributed by atoms with Gasteiger partial charge in [0.25, 0.3) is 0 Å². The fourth-order valence-electron chi connectivity index (χ4n) is 1.90. The van der Waals surface area contributed by atoms with Crippen LogP contribution >= 0.6 is 11.5 Å². The van der Waals surface area contributed by atoms with E-state index in [0.717, 1.165) is 21.3 Å². The zero-order valence-corrected chi connectivity index (χ0v) is 11.1. The van der Waals surface area contributed by atoms with Crippen LogP contribution in [0.2, 0.25) is 0 Å². The molecule has 0 atom stereocenters. The highest BCUT2D eigenvalue weighted by atomic mass is 32.1. The van der Waals surface area contributed by atoms with Crippen LogP contribution in [0, 0.1) is 0 Å². The van der Waals surface area contributed by atoms with E-state index >= 15 is 0 Å². The molecule has 0 aliphatic carbocycles. The highest BCUT2D eigenvalue weighted by Gasteiger charge is 2.06. The summed E-state index contributed by atoms with van der Waals surface area (Å²) in [6.45, 7) is 0. The van der Waals surface area contributed by atoms with Gasteiger partial charge in [-0.2, -0.15) is 9.47 Å². The molecule has 0 saturated heterocycles. The number of rotatable bonds is 3. The van der Waals surface area contributed by atoms with Gasteiger partial charge in [-0.1, -0.05) is 0 Å². The molecule has 6 heteroatoms. The standard InChI is InChI=1S/C13H12N4OS/c1-17-8-9(6-14-17)4-13(18)16-11-2-3-12-10(5-11)7-15-19-12/h2-3,5-8H,4H2,1H3,(H,16,18). The molecule has 0 saturated carbocycles. The molecule has 0 fully saturated rings. The molecule has 0 spiro atoms. The third kappa shape index (κ3) is 2.63. The fourth-order valence-corrected chi connectivity index (χ4v) is 2.53. The number of anilines is 1. The quantitative estimate of drug-likeness (QED) is 0.795. The summed E-state index contributed by atoms with van der Waals surface area (Å²) in [5.41, 5.74) is 1.69. The maximum absolute atomic E-state index is 11.9. The minimum Gasteiger partial charge on any atom is -0.326 e. The van der Waals surface area contributed by atoms with Crippen LogP contribution in [0.25, 0.3) is 10.1 Å². The molecule has 0 radical (unpaired) electrons. The van der Waals surface area contributed by atoms with Crippen LogP contribution in [0.15, 0.2) is 36.8 Å². The molecule has 1 amide bonds. The summed E-state index contributed by atoms with van der Waals surface area (Å²) in [4.78, 5) is 11.9. The second-order valence-corrected chi connectivity index (χ2v) is 5.16. The van der Waals surface area contributed by atoms with E-state index in [0.29, 0.717) is 6.42 Å². The first-order chi connectivity index (χ1) is 9.20. The summed E-state index contributed by atoms with van der Waals surface area (Å²) >= 11 is 1.45. The van der Waals surface area contributed by atoms with Crippen molar-refractivity contribution in [3.05, 3.63) is 42.4 Å². The van der Waals surface area contributed by atoms with E-state index in [9.17, 15) is 4.79 Å². The van der Waals surface area contributed by atoms with E-state index < -0.39 is 0 Å². The largest absolute Gasteiger partial charge is 0.326 e. The number of amides is 1. The second-order valence-electron chi connectivity index (χ2n) is 4.33. The number of aryl methyl sites for hydroxylation is 1. The summed E-state index contributed by atoms with van der Waals surface area (Å²) in [5, 5.41) is 7.97. The summed E-state index contributed by atoms with van der Waals surface area (Å²) in [6.07, 6.45) is 5.67. The van der Waals surface area contributed by atoms with Crippen molar-refractivity contribution < 1.29 is 4.79 Å². The number of carbonyl (C=O) groups excluding carboxylic acids is 1. The zero-order valence-electron chi connectivity index (χ0n) is 10.3. The van der Waals surface area contributed by atoms with E-state index in [-0.39, 0.29) is 5.91 Å². The van der Waals surface area contributed by atoms with Gasteiger partial charge in [0.05, 0.1) is 17.3 Å². The monoisotopic (exact) mass is 272 g/mol. The molecule has 0 aliphatic heterocycles. The van der Waals surface area contributed by atoms with Crippen LogP contribution in [-0.4, -0.2) is 20.1 Å². The lowest BCUT2D eigenvalue weighted by molar-refractivity contribution is -0.115. The van der Waals surface area contributed by atoms with E-state index in [2.05, 4.69) is 14.8 Å². The molecule has 1 aromatic carbocycles. The molecule has 5 nitrogen and oxygen atoms in total. The normalized spacial score (nSPS) is 10.8. The smallest absolute Gasteiger partial charge is 0.228 e. The molecule has 2 heterocycles. The molecule has 3 aromatic rings. The Kier molecular flexibility index (Phi) is 3.00. The van der Waals surface area contributed by atoms with Gasteiger partial charge in [0.1, 0.15) is 0 Å². The average Bonchev–Trinajstić information content (AvgIpc) is 2.97. The van der Waals surface area contributed by atoms with Crippen molar-refractivity contribution in [2.45, 2.75) is 6.42 Å². The number of hydrogen-bond donors (Lipinski definition) is 1. The Morgan fingerprint density at radius 1 is 1.42 bits per heavy atom. The predicted molar refractivity (Wildman–Crippen MR) is 75.2 cm³/mol. The van der Waals surface area contributed by atoms with Gasteiger partial charge in [-0.15, -0.1) is 0 Å². The summed E-state index contributed by atoms with van der Waals surface area (Å²) in [5.74, 6) is -0.0458. The predicted octanol–water partition coefficient (Wildman–Crippen LogP) is 2.21. The van der Waals surface area contributed by atoms with E-state index in [1.54, 1.807) is 17.1 Å². The summed E-state index contributed by atoms with van der Waals surface area (Å²) in [7, 11) is 1.83. The summed E-state index contributed by atoms with van der Waals surface area (Å²) < 4.78 is 6.91. The molecule has 0 aliphatic rings. The number of hydrogen-bond acceptors (Lipinski definition) is 4. The van der Waals surface area contributed by atoms with Crippen molar-refractivity contribution >= 4 is 33.2 Å². The van der Waals surface area contributed by atoms with Gasteiger partial charge in [0.15, 0.2) is 0 Å². The average molecular weight is 272 g/mol. The van der Waals surface area contributed by atoms with Crippen LogP contribution < -0.4 is 5.32 Å². The molecule has 96 valence electrons. The Morgan fingerprint density at radius 2 is 2.32 bits per heavy atom. The maximum Gasteiger partial charge on any atom is 0.228 e. The van der Waals surface area contributed by atoms with E-state index in [4.69, 9.17) is 0 Å². The van der Waals surface area contributed by atoms with E-state index in [1.165, 1.54) is 11.5 Å². The number of fused-ring (bicyclic) bond motifs is 1. The second kappa shape index (κ2) is 4.81. The SMILES string of the molecule is Cn1cc(CC(=O)Nc2ccc3sncc3c2)cn1. The molecular formula is C13H12N4OS.